The van der Waals surface area contributed by atoms with Crippen LogP contribution in [0.1, 0.15) is 18.1 Å². The Bertz CT molecular complexity index is 1030. The van der Waals surface area contributed by atoms with Crippen molar-refractivity contribution in [2.75, 3.05) is 12.1 Å². The monoisotopic (exact) mass is 446 g/mol. The molecule has 0 saturated heterocycles. The van der Waals surface area contributed by atoms with Crippen molar-refractivity contribution in [1.29, 1.82) is 0 Å². The Hall–Kier alpha value is -2.85. The average Bonchev–Trinajstić information content (AvgIpc) is 3.40. The molecule has 1 atom stereocenters. The van der Waals surface area contributed by atoms with Gasteiger partial charge in [-0.25, -0.2) is 4.39 Å². The van der Waals surface area contributed by atoms with Crippen LogP contribution in [0.25, 0.3) is 0 Å². The third-order valence-electron chi connectivity index (χ3n) is 4.31. The van der Waals surface area contributed by atoms with Crippen molar-refractivity contribution < 1.29 is 18.7 Å². The molecule has 0 fully saturated rings. The number of nitrogens with one attached hydrogen (secondary N) is 2. The molecule has 30 heavy (non-hydrogen) atoms. The van der Waals surface area contributed by atoms with Crippen LogP contribution in [-0.2, 0) is 17.9 Å². The number of amides is 1. The van der Waals surface area contributed by atoms with Gasteiger partial charge in [-0.15, -0.1) is 10.2 Å². The summed E-state index contributed by atoms with van der Waals surface area (Å²) in [5.74, 6) is 1.06. The smallest absolute Gasteiger partial charge is 0.233 e. The van der Waals surface area contributed by atoms with Crippen molar-refractivity contribution in [2.24, 2.45) is 0 Å². The summed E-state index contributed by atoms with van der Waals surface area (Å²) in [6.45, 7) is 2.97. The summed E-state index contributed by atoms with van der Waals surface area (Å²) in [7, 11) is 0. The van der Waals surface area contributed by atoms with Gasteiger partial charge >= 0.3 is 0 Å². The molecule has 1 amide bonds. The highest BCUT2D eigenvalue weighted by Gasteiger charge is 2.18. The van der Waals surface area contributed by atoms with E-state index >= 15 is 0 Å². The van der Waals surface area contributed by atoms with Crippen molar-refractivity contribution >= 4 is 34.1 Å². The van der Waals surface area contributed by atoms with E-state index in [1.165, 1.54) is 35.2 Å². The highest BCUT2D eigenvalue weighted by atomic mass is 32.2. The molecule has 0 unspecified atom stereocenters. The molecule has 0 saturated carbocycles. The minimum atomic E-state index is -0.322. The Balaban J connectivity index is 1.24. The number of halogens is 1. The predicted octanol–water partition coefficient (Wildman–Crippen LogP) is 3.82. The lowest BCUT2D eigenvalue weighted by Gasteiger charge is -2.10. The first-order valence-electron chi connectivity index (χ1n) is 9.21. The summed E-state index contributed by atoms with van der Waals surface area (Å²) in [5, 5.41) is 14.6. The topological polar surface area (TPSA) is 85.4 Å². The number of benzene rings is 2. The predicted molar refractivity (Wildman–Crippen MR) is 113 cm³/mol. The van der Waals surface area contributed by atoms with E-state index in [9.17, 15) is 9.18 Å². The molecule has 1 aliphatic heterocycles. The van der Waals surface area contributed by atoms with Crippen molar-refractivity contribution in [2.45, 2.75) is 29.6 Å². The Morgan fingerprint density at radius 3 is 2.73 bits per heavy atom. The molecule has 0 aliphatic carbocycles. The van der Waals surface area contributed by atoms with Crippen molar-refractivity contribution in [1.82, 2.24) is 15.5 Å². The van der Waals surface area contributed by atoms with Gasteiger partial charge in [0.1, 0.15) is 5.82 Å². The maximum Gasteiger partial charge on any atom is 0.233 e. The van der Waals surface area contributed by atoms with Crippen LogP contribution >= 0.6 is 23.1 Å². The summed E-state index contributed by atoms with van der Waals surface area (Å²) >= 11 is 2.72. The number of anilines is 1. The molecule has 156 valence electrons. The zero-order valence-corrected chi connectivity index (χ0v) is 17.7. The normalized spacial score (nSPS) is 13.1. The molecular formula is C20H19FN4O3S2. The quantitative estimate of drug-likeness (QED) is 0.509. The fraction of sp³-hybridized carbons (Fsp3) is 0.250. The third-order valence-corrected chi connectivity index (χ3v) is 6.38. The van der Waals surface area contributed by atoms with Gasteiger partial charge in [-0.1, -0.05) is 41.3 Å². The number of thioether (sulfide) groups is 1. The molecule has 1 aliphatic rings. The lowest BCUT2D eigenvalue weighted by atomic mass is 10.2. The molecule has 1 aromatic heterocycles. The van der Waals surface area contributed by atoms with Gasteiger partial charge in [-0.3, -0.25) is 4.79 Å². The number of carbonyl (C=O) groups is 1. The largest absolute Gasteiger partial charge is 0.454 e. The van der Waals surface area contributed by atoms with Crippen molar-refractivity contribution in [3.05, 3.63) is 59.4 Å². The number of hydrogen-bond donors (Lipinski definition) is 2. The summed E-state index contributed by atoms with van der Waals surface area (Å²) in [5.41, 5.74) is 1.88. The van der Waals surface area contributed by atoms with Crippen LogP contribution in [0.5, 0.6) is 11.5 Å². The summed E-state index contributed by atoms with van der Waals surface area (Å²) in [4.78, 5) is 12.4. The number of carbonyl (C=O) groups excluding carboxylic acids is 1. The van der Waals surface area contributed by atoms with E-state index in [0.717, 1.165) is 11.1 Å². The van der Waals surface area contributed by atoms with E-state index in [-0.39, 0.29) is 23.8 Å². The molecule has 7 nitrogen and oxygen atoms in total. The Labute approximate surface area is 181 Å². The standard InChI is InChI=1S/C20H19FN4O3S2/c1-12(18(26)22-10-14-4-7-16-17(8-14)28-11-27-16)29-20-25-24-19(30-20)23-9-13-2-5-15(21)6-3-13/h2-8,12H,9-11H2,1H3,(H,22,26)(H,23,24)/t12-/m0/s1. The number of hydrogen-bond acceptors (Lipinski definition) is 8. The van der Waals surface area contributed by atoms with Gasteiger partial charge < -0.3 is 20.1 Å². The van der Waals surface area contributed by atoms with E-state index in [0.29, 0.717) is 34.1 Å². The summed E-state index contributed by atoms with van der Waals surface area (Å²) < 4.78 is 24.3. The van der Waals surface area contributed by atoms with Gasteiger partial charge in [-0.05, 0) is 42.3 Å². The molecule has 2 N–H and O–H groups in total. The number of nitrogens with zero attached hydrogens (tertiary/aromatic N) is 2. The van der Waals surface area contributed by atoms with Crippen LogP contribution in [0.4, 0.5) is 9.52 Å². The second-order valence-corrected chi connectivity index (χ2v) is 9.08. The van der Waals surface area contributed by atoms with Crippen LogP contribution in [0.3, 0.4) is 0 Å². The molecule has 10 heteroatoms. The highest BCUT2D eigenvalue weighted by Crippen LogP contribution is 2.32. The maximum atomic E-state index is 13.0. The first-order chi connectivity index (χ1) is 14.6. The second-order valence-electron chi connectivity index (χ2n) is 6.52. The Morgan fingerprint density at radius 2 is 1.90 bits per heavy atom. The van der Waals surface area contributed by atoms with E-state index in [1.807, 2.05) is 25.1 Å². The molecule has 2 heterocycles. The summed E-state index contributed by atoms with van der Waals surface area (Å²) in [6, 6.07) is 11.9. The molecule has 0 bridgehead atoms. The van der Waals surface area contributed by atoms with Gasteiger partial charge in [0.15, 0.2) is 15.8 Å². The molecule has 3 aromatic rings. The van der Waals surface area contributed by atoms with Crippen LogP contribution in [0.15, 0.2) is 46.8 Å². The number of rotatable bonds is 8. The Kier molecular flexibility index (Phi) is 6.34. The minimum absolute atomic E-state index is 0.0892. The zero-order valence-electron chi connectivity index (χ0n) is 16.1. The van der Waals surface area contributed by atoms with Crippen LogP contribution in [0, 0.1) is 5.82 Å². The molecule has 0 radical (unpaired) electrons. The van der Waals surface area contributed by atoms with Gasteiger partial charge in [0.05, 0.1) is 5.25 Å². The molecule has 4 rings (SSSR count). The number of fused-ring (bicyclic) bond motifs is 1. The van der Waals surface area contributed by atoms with Crippen LogP contribution in [-0.4, -0.2) is 28.1 Å². The van der Waals surface area contributed by atoms with E-state index < -0.39 is 0 Å². The van der Waals surface area contributed by atoms with Gasteiger partial charge in [0.25, 0.3) is 0 Å². The highest BCUT2D eigenvalue weighted by molar-refractivity contribution is 8.02. The van der Waals surface area contributed by atoms with E-state index in [1.54, 1.807) is 12.1 Å². The van der Waals surface area contributed by atoms with Crippen LogP contribution in [0.2, 0.25) is 0 Å². The minimum Gasteiger partial charge on any atom is -0.454 e. The van der Waals surface area contributed by atoms with Gasteiger partial charge in [0.2, 0.25) is 17.8 Å². The molecular weight excluding hydrogens is 427 g/mol. The van der Waals surface area contributed by atoms with Gasteiger partial charge in [-0.2, -0.15) is 0 Å². The van der Waals surface area contributed by atoms with E-state index in [4.69, 9.17) is 9.47 Å². The summed E-state index contributed by atoms with van der Waals surface area (Å²) in [6.07, 6.45) is 0. The zero-order chi connectivity index (χ0) is 20.9. The fourth-order valence-corrected chi connectivity index (χ4v) is 4.61. The first-order valence-corrected chi connectivity index (χ1v) is 10.9. The van der Waals surface area contributed by atoms with Crippen molar-refractivity contribution in [3.63, 3.8) is 0 Å². The lowest BCUT2D eigenvalue weighted by Crippen LogP contribution is -2.30. The lowest BCUT2D eigenvalue weighted by molar-refractivity contribution is -0.120. The van der Waals surface area contributed by atoms with Crippen molar-refractivity contribution in [3.8, 4) is 11.5 Å². The average molecular weight is 447 g/mol. The third kappa shape index (κ3) is 5.19. The SMILES string of the molecule is C[C@H](Sc1nnc(NCc2ccc(F)cc2)s1)C(=O)NCc1ccc2c(c1)OCO2. The van der Waals surface area contributed by atoms with E-state index in [2.05, 4.69) is 20.8 Å². The maximum absolute atomic E-state index is 13.0. The first kappa shape index (κ1) is 20.4. The molecule has 0 spiro atoms. The van der Waals surface area contributed by atoms with Crippen LogP contribution < -0.4 is 20.1 Å². The second kappa shape index (κ2) is 9.31. The molecule has 2 aromatic carbocycles. The van der Waals surface area contributed by atoms with Gasteiger partial charge in [0, 0.05) is 13.1 Å². The number of aromatic nitrogens is 2. The Morgan fingerprint density at radius 1 is 1.13 bits per heavy atom. The number of ether oxygens (including phenoxy) is 2. The fourth-order valence-electron chi connectivity index (χ4n) is 2.70.